The van der Waals surface area contributed by atoms with Crippen LogP contribution in [0.25, 0.3) is 21.3 Å². The number of aryl methyl sites for hydroxylation is 2. The molecule has 8 heteroatoms. The third-order valence-corrected chi connectivity index (χ3v) is 6.69. The van der Waals surface area contributed by atoms with E-state index >= 15 is 0 Å². The monoisotopic (exact) mass is 406 g/mol. The molecule has 1 saturated heterocycles. The van der Waals surface area contributed by atoms with Crippen molar-refractivity contribution in [3.05, 3.63) is 57.1 Å². The van der Waals surface area contributed by atoms with E-state index in [4.69, 9.17) is 9.97 Å². The van der Waals surface area contributed by atoms with Crippen molar-refractivity contribution < 1.29 is 0 Å². The standard InChI is InChI=1S/C21H22N6OS/c1-13-14(2)29-21-19(13)20(28)24-17(25-21)12-26-7-9-27(10-8-26)18-11-22-15-5-3-4-6-16(15)23-18/h3-6,11H,7-10,12H2,1-2H3,(H,24,25,28). The Morgan fingerprint density at radius 1 is 1.07 bits per heavy atom. The van der Waals surface area contributed by atoms with Crippen molar-refractivity contribution in [2.75, 3.05) is 31.1 Å². The fourth-order valence-electron chi connectivity index (χ4n) is 3.82. The topological polar surface area (TPSA) is 78.0 Å². The van der Waals surface area contributed by atoms with E-state index in [0.29, 0.717) is 6.54 Å². The molecule has 1 aromatic carbocycles. The molecule has 4 aromatic rings. The number of anilines is 1. The summed E-state index contributed by atoms with van der Waals surface area (Å²) in [6.45, 7) is 8.19. The van der Waals surface area contributed by atoms with Gasteiger partial charge in [-0.3, -0.25) is 14.7 Å². The number of piperazine rings is 1. The van der Waals surface area contributed by atoms with Gasteiger partial charge in [0, 0.05) is 31.1 Å². The van der Waals surface area contributed by atoms with Gasteiger partial charge in [-0.15, -0.1) is 11.3 Å². The van der Waals surface area contributed by atoms with E-state index in [-0.39, 0.29) is 5.56 Å². The van der Waals surface area contributed by atoms with Gasteiger partial charge in [0.25, 0.3) is 5.56 Å². The number of aromatic amines is 1. The molecule has 0 atom stereocenters. The van der Waals surface area contributed by atoms with Crippen LogP contribution in [-0.4, -0.2) is 51.0 Å². The molecule has 0 radical (unpaired) electrons. The number of nitrogens with zero attached hydrogens (tertiary/aromatic N) is 5. The van der Waals surface area contributed by atoms with E-state index < -0.39 is 0 Å². The smallest absolute Gasteiger partial charge is 0.259 e. The highest BCUT2D eigenvalue weighted by atomic mass is 32.1. The highest BCUT2D eigenvalue weighted by Gasteiger charge is 2.20. The Kier molecular flexibility index (Phi) is 4.52. The van der Waals surface area contributed by atoms with E-state index in [2.05, 4.69) is 19.8 Å². The molecule has 1 aliphatic rings. The first kappa shape index (κ1) is 18.2. The van der Waals surface area contributed by atoms with Gasteiger partial charge in [0.15, 0.2) is 0 Å². The van der Waals surface area contributed by atoms with E-state index in [9.17, 15) is 4.79 Å². The summed E-state index contributed by atoms with van der Waals surface area (Å²) in [4.78, 5) is 36.0. The van der Waals surface area contributed by atoms with E-state index in [1.807, 2.05) is 44.3 Å². The molecular weight excluding hydrogens is 384 g/mol. The molecule has 5 rings (SSSR count). The number of H-pyrrole nitrogens is 1. The summed E-state index contributed by atoms with van der Waals surface area (Å²) in [5.74, 6) is 1.66. The second-order valence-electron chi connectivity index (χ2n) is 7.46. The quantitative estimate of drug-likeness (QED) is 0.564. The highest BCUT2D eigenvalue weighted by molar-refractivity contribution is 7.18. The third-order valence-electron chi connectivity index (χ3n) is 5.59. The lowest BCUT2D eigenvalue weighted by Crippen LogP contribution is -2.46. The lowest BCUT2D eigenvalue weighted by atomic mass is 10.2. The van der Waals surface area contributed by atoms with Crippen molar-refractivity contribution in [2.45, 2.75) is 20.4 Å². The molecule has 0 spiro atoms. The Bertz CT molecular complexity index is 1260. The number of para-hydroxylation sites is 2. The molecule has 1 N–H and O–H groups in total. The zero-order valence-corrected chi connectivity index (χ0v) is 17.3. The van der Waals surface area contributed by atoms with Crippen LogP contribution >= 0.6 is 11.3 Å². The molecule has 4 heterocycles. The summed E-state index contributed by atoms with van der Waals surface area (Å²) in [5, 5.41) is 0.732. The van der Waals surface area contributed by atoms with Gasteiger partial charge in [0.2, 0.25) is 0 Å². The van der Waals surface area contributed by atoms with E-state index in [0.717, 1.165) is 69.5 Å². The summed E-state index contributed by atoms with van der Waals surface area (Å²) in [6, 6.07) is 7.93. The zero-order chi connectivity index (χ0) is 20.0. The van der Waals surface area contributed by atoms with E-state index in [1.54, 1.807) is 11.3 Å². The van der Waals surface area contributed by atoms with Crippen molar-refractivity contribution in [3.63, 3.8) is 0 Å². The van der Waals surface area contributed by atoms with Crippen LogP contribution in [0.15, 0.2) is 35.3 Å². The van der Waals surface area contributed by atoms with Crippen LogP contribution < -0.4 is 10.5 Å². The predicted octanol–water partition coefficient (Wildman–Crippen LogP) is 2.87. The van der Waals surface area contributed by atoms with Gasteiger partial charge in [0.1, 0.15) is 16.5 Å². The molecule has 29 heavy (non-hydrogen) atoms. The lowest BCUT2D eigenvalue weighted by Gasteiger charge is -2.34. The van der Waals surface area contributed by atoms with Crippen LogP contribution in [0.1, 0.15) is 16.3 Å². The maximum absolute atomic E-state index is 12.5. The zero-order valence-electron chi connectivity index (χ0n) is 16.5. The second kappa shape index (κ2) is 7.20. The Morgan fingerprint density at radius 2 is 1.83 bits per heavy atom. The van der Waals surface area contributed by atoms with E-state index in [1.165, 1.54) is 0 Å². The second-order valence-corrected chi connectivity index (χ2v) is 8.66. The number of hydrogen-bond acceptors (Lipinski definition) is 7. The van der Waals surface area contributed by atoms with Gasteiger partial charge in [-0.2, -0.15) is 0 Å². The van der Waals surface area contributed by atoms with Crippen molar-refractivity contribution in [1.29, 1.82) is 0 Å². The largest absolute Gasteiger partial charge is 0.353 e. The minimum absolute atomic E-state index is 0.0306. The summed E-state index contributed by atoms with van der Waals surface area (Å²) >= 11 is 1.59. The molecule has 0 amide bonds. The summed E-state index contributed by atoms with van der Waals surface area (Å²) in [6.07, 6.45) is 1.85. The molecule has 148 valence electrons. The molecule has 0 bridgehead atoms. The predicted molar refractivity (Wildman–Crippen MR) is 117 cm³/mol. The first-order valence-corrected chi connectivity index (χ1v) is 10.6. The van der Waals surface area contributed by atoms with Gasteiger partial charge in [0.05, 0.1) is 29.2 Å². The van der Waals surface area contributed by atoms with Crippen LogP contribution in [0.5, 0.6) is 0 Å². The maximum Gasteiger partial charge on any atom is 0.259 e. The van der Waals surface area contributed by atoms with Crippen LogP contribution in [0.4, 0.5) is 5.82 Å². The first-order chi connectivity index (χ1) is 14.1. The minimum Gasteiger partial charge on any atom is -0.353 e. The van der Waals surface area contributed by atoms with Gasteiger partial charge >= 0.3 is 0 Å². The maximum atomic E-state index is 12.5. The number of thiophene rings is 1. The average molecular weight is 407 g/mol. The number of fused-ring (bicyclic) bond motifs is 2. The first-order valence-electron chi connectivity index (χ1n) is 9.76. The number of benzene rings is 1. The molecular formula is C21H22N6OS. The van der Waals surface area contributed by atoms with Crippen LogP contribution in [0.2, 0.25) is 0 Å². The van der Waals surface area contributed by atoms with Crippen molar-refractivity contribution in [2.24, 2.45) is 0 Å². The molecule has 3 aromatic heterocycles. The molecule has 1 fully saturated rings. The fraction of sp³-hybridized carbons (Fsp3) is 0.333. The summed E-state index contributed by atoms with van der Waals surface area (Å²) in [7, 11) is 0. The molecule has 0 saturated carbocycles. The van der Waals surface area contributed by atoms with Crippen molar-refractivity contribution in [1.82, 2.24) is 24.8 Å². The Hall–Kier alpha value is -2.84. The van der Waals surface area contributed by atoms with Gasteiger partial charge < -0.3 is 9.88 Å². The van der Waals surface area contributed by atoms with Gasteiger partial charge in [-0.05, 0) is 31.5 Å². The lowest BCUT2D eigenvalue weighted by molar-refractivity contribution is 0.243. The highest BCUT2D eigenvalue weighted by Crippen LogP contribution is 2.26. The Labute approximate surface area is 172 Å². The molecule has 7 nitrogen and oxygen atoms in total. The molecule has 0 unspecified atom stereocenters. The number of rotatable bonds is 3. The normalized spacial score (nSPS) is 15.4. The average Bonchev–Trinajstić information content (AvgIpc) is 3.02. The number of nitrogens with one attached hydrogen (secondary N) is 1. The number of hydrogen-bond donors (Lipinski definition) is 1. The summed E-state index contributed by atoms with van der Waals surface area (Å²) < 4.78 is 0. The molecule has 0 aliphatic carbocycles. The number of aromatic nitrogens is 4. The van der Waals surface area contributed by atoms with Crippen molar-refractivity contribution >= 4 is 38.4 Å². The minimum atomic E-state index is -0.0306. The van der Waals surface area contributed by atoms with Crippen LogP contribution in [0.3, 0.4) is 0 Å². The van der Waals surface area contributed by atoms with Crippen LogP contribution in [-0.2, 0) is 6.54 Å². The van der Waals surface area contributed by atoms with Gasteiger partial charge in [-0.25, -0.2) is 9.97 Å². The fourth-order valence-corrected chi connectivity index (χ4v) is 4.87. The molecule has 1 aliphatic heterocycles. The third kappa shape index (κ3) is 3.38. The Morgan fingerprint density at radius 3 is 2.62 bits per heavy atom. The van der Waals surface area contributed by atoms with Crippen molar-refractivity contribution in [3.8, 4) is 0 Å². The van der Waals surface area contributed by atoms with Crippen LogP contribution in [0, 0.1) is 13.8 Å². The van der Waals surface area contributed by atoms with Gasteiger partial charge in [-0.1, -0.05) is 12.1 Å². The summed E-state index contributed by atoms with van der Waals surface area (Å²) in [5.41, 5.74) is 2.84. The SMILES string of the molecule is Cc1sc2nc(CN3CCN(c4cnc5ccccc5n4)CC3)[nH]c(=O)c2c1C. The Balaban J connectivity index is 1.29.